The molecule has 77 heavy (non-hydrogen) atoms. The molecular formula is C71H136O6. The van der Waals surface area contributed by atoms with Crippen LogP contribution in [-0.2, 0) is 28.6 Å². The predicted octanol–water partition coefficient (Wildman–Crippen LogP) is 24.0. The third-order valence-corrected chi connectivity index (χ3v) is 16.3. The molecule has 0 aromatic carbocycles. The van der Waals surface area contributed by atoms with Crippen LogP contribution in [0, 0.1) is 0 Å². The van der Waals surface area contributed by atoms with Crippen LogP contribution in [0.5, 0.6) is 0 Å². The molecule has 1 unspecified atom stereocenters. The maximum absolute atomic E-state index is 13.0. The topological polar surface area (TPSA) is 78.9 Å². The smallest absolute Gasteiger partial charge is 0.306 e. The van der Waals surface area contributed by atoms with Crippen molar-refractivity contribution in [1.29, 1.82) is 0 Å². The maximum atomic E-state index is 13.0. The van der Waals surface area contributed by atoms with Crippen molar-refractivity contribution in [3.8, 4) is 0 Å². The van der Waals surface area contributed by atoms with E-state index >= 15 is 0 Å². The molecule has 1 atom stereocenters. The second-order valence-corrected chi connectivity index (χ2v) is 24.2. The van der Waals surface area contributed by atoms with E-state index in [1.54, 1.807) is 0 Å². The Hall–Kier alpha value is -1.85. The summed E-state index contributed by atoms with van der Waals surface area (Å²) >= 11 is 0. The van der Waals surface area contributed by atoms with E-state index in [0.717, 1.165) is 57.8 Å². The zero-order valence-electron chi connectivity index (χ0n) is 52.5. The first-order chi connectivity index (χ1) is 38.0. The molecule has 0 aromatic heterocycles. The molecule has 6 heteroatoms. The van der Waals surface area contributed by atoms with E-state index in [1.807, 2.05) is 0 Å². The van der Waals surface area contributed by atoms with E-state index in [2.05, 4.69) is 32.9 Å². The standard InChI is InChI=1S/C71H136O6/c1-4-7-10-13-16-19-22-25-28-30-32-34-36-38-39-41-43-46-49-52-55-58-61-64-70(73)76-67-68(66-75-69(72)63-60-57-54-51-48-45-27-24-21-18-15-12-9-6-3)77-71(74)65-62-59-56-53-50-47-44-42-40-37-35-33-31-29-26-23-20-17-14-11-8-5-2/h30,32,68H,4-29,31,33-67H2,1-3H3/b32-30-. The van der Waals surface area contributed by atoms with Crippen LogP contribution in [0.25, 0.3) is 0 Å². The van der Waals surface area contributed by atoms with E-state index in [9.17, 15) is 14.4 Å². The lowest BCUT2D eigenvalue weighted by Gasteiger charge is -2.18. The first kappa shape index (κ1) is 75.2. The van der Waals surface area contributed by atoms with E-state index in [-0.39, 0.29) is 31.1 Å². The maximum Gasteiger partial charge on any atom is 0.306 e. The fraction of sp³-hybridized carbons (Fsp3) is 0.930. The van der Waals surface area contributed by atoms with Crippen molar-refractivity contribution >= 4 is 17.9 Å². The fourth-order valence-electron chi connectivity index (χ4n) is 11.0. The summed E-state index contributed by atoms with van der Waals surface area (Å²) < 4.78 is 17.0. The van der Waals surface area contributed by atoms with Crippen LogP contribution in [0.2, 0.25) is 0 Å². The molecule has 0 aliphatic carbocycles. The number of carbonyl (C=O) groups excluding carboxylic acids is 3. The summed E-state index contributed by atoms with van der Waals surface area (Å²) in [7, 11) is 0. The zero-order valence-corrected chi connectivity index (χ0v) is 52.5. The Morgan fingerprint density at radius 1 is 0.247 bits per heavy atom. The van der Waals surface area contributed by atoms with Crippen LogP contribution < -0.4 is 0 Å². The van der Waals surface area contributed by atoms with E-state index in [1.165, 1.54) is 308 Å². The molecule has 0 aromatic rings. The van der Waals surface area contributed by atoms with Crippen LogP contribution in [0.3, 0.4) is 0 Å². The highest BCUT2D eigenvalue weighted by atomic mass is 16.6. The molecule has 0 bridgehead atoms. The first-order valence-corrected chi connectivity index (χ1v) is 35.2. The Balaban J connectivity index is 4.24. The third-order valence-electron chi connectivity index (χ3n) is 16.3. The van der Waals surface area contributed by atoms with Crippen molar-refractivity contribution in [2.75, 3.05) is 13.2 Å². The summed E-state index contributed by atoms with van der Waals surface area (Å²) in [5, 5.41) is 0. The molecule has 0 heterocycles. The number of hydrogen-bond donors (Lipinski definition) is 0. The quantitative estimate of drug-likeness (QED) is 0.0261. The molecule has 0 saturated carbocycles. The summed E-state index contributed by atoms with van der Waals surface area (Å²) in [5.41, 5.74) is 0. The second kappa shape index (κ2) is 66.7. The number of carbonyl (C=O) groups is 3. The normalized spacial score (nSPS) is 12.0. The van der Waals surface area contributed by atoms with E-state index in [4.69, 9.17) is 14.2 Å². The van der Waals surface area contributed by atoms with Gasteiger partial charge in [-0.1, -0.05) is 354 Å². The number of allylic oxidation sites excluding steroid dienone is 2. The van der Waals surface area contributed by atoms with Gasteiger partial charge in [-0.15, -0.1) is 0 Å². The highest BCUT2D eigenvalue weighted by molar-refractivity contribution is 5.71. The first-order valence-electron chi connectivity index (χ1n) is 35.2. The lowest BCUT2D eigenvalue weighted by Crippen LogP contribution is -2.30. The van der Waals surface area contributed by atoms with Crippen molar-refractivity contribution in [2.24, 2.45) is 0 Å². The molecular weight excluding hydrogens is 949 g/mol. The molecule has 456 valence electrons. The van der Waals surface area contributed by atoms with Gasteiger partial charge in [0.05, 0.1) is 0 Å². The molecule has 0 aliphatic rings. The van der Waals surface area contributed by atoms with Crippen LogP contribution >= 0.6 is 0 Å². The molecule has 0 rings (SSSR count). The fourth-order valence-corrected chi connectivity index (χ4v) is 11.0. The van der Waals surface area contributed by atoms with Crippen LogP contribution in [-0.4, -0.2) is 37.2 Å². The summed E-state index contributed by atoms with van der Waals surface area (Å²) in [6.07, 6.45) is 79.5. The van der Waals surface area contributed by atoms with Crippen molar-refractivity contribution in [1.82, 2.24) is 0 Å². The lowest BCUT2D eigenvalue weighted by atomic mass is 10.0. The van der Waals surface area contributed by atoms with Crippen molar-refractivity contribution in [3.05, 3.63) is 12.2 Å². The van der Waals surface area contributed by atoms with Crippen molar-refractivity contribution in [3.63, 3.8) is 0 Å². The highest BCUT2D eigenvalue weighted by Crippen LogP contribution is 2.19. The average Bonchev–Trinajstić information content (AvgIpc) is 3.43. The van der Waals surface area contributed by atoms with Crippen molar-refractivity contribution in [2.45, 2.75) is 412 Å². The zero-order chi connectivity index (χ0) is 55.7. The number of unbranched alkanes of at least 4 members (excludes halogenated alkanes) is 53. The van der Waals surface area contributed by atoms with Gasteiger partial charge in [-0.05, 0) is 44.9 Å². The van der Waals surface area contributed by atoms with Crippen LogP contribution in [0.4, 0.5) is 0 Å². The minimum atomic E-state index is -0.766. The Morgan fingerprint density at radius 2 is 0.429 bits per heavy atom. The van der Waals surface area contributed by atoms with Gasteiger partial charge in [-0.2, -0.15) is 0 Å². The average molecular weight is 1090 g/mol. The minimum Gasteiger partial charge on any atom is -0.462 e. The lowest BCUT2D eigenvalue weighted by molar-refractivity contribution is -0.167. The number of esters is 3. The Bertz CT molecular complexity index is 1200. The third kappa shape index (κ3) is 64.9. The summed E-state index contributed by atoms with van der Waals surface area (Å²) in [4.78, 5) is 38.4. The molecule has 0 N–H and O–H groups in total. The van der Waals surface area contributed by atoms with E-state index in [0.29, 0.717) is 19.3 Å². The summed E-state index contributed by atoms with van der Waals surface area (Å²) in [6, 6.07) is 0. The summed E-state index contributed by atoms with van der Waals surface area (Å²) in [6.45, 7) is 6.73. The SMILES string of the molecule is CCCCCCCCCC/C=C\CCCCCCCCCCCCCC(=O)OCC(COC(=O)CCCCCCCCCCCCCCCC)OC(=O)CCCCCCCCCCCCCCCCCCCCCCCC. The molecule has 0 saturated heterocycles. The Labute approximate surface area is 481 Å². The van der Waals surface area contributed by atoms with Gasteiger partial charge in [0.2, 0.25) is 0 Å². The Kier molecular flexibility index (Phi) is 65.1. The minimum absolute atomic E-state index is 0.0629. The monoisotopic (exact) mass is 1090 g/mol. The van der Waals surface area contributed by atoms with Gasteiger partial charge < -0.3 is 14.2 Å². The van der Waals surface area contributed by atoms with Gasteiger partial charge in [-0.3, -0.25) is 14.4 Å². The van der Waals surface area contributed by atoms with Crippen LogP contribution in [0.15, 0.2) is 12.2 Å². The van der Waals surface area contributed by atoms with Gasteiger partial charge in [-0.25, -0.2) is 0 Å². The molecule has 0 radical (unpaired) electrons. The number of ether oxygens (including phenoxy) is 3. The molecule has 0 fully saturated rings. The van der Waals surface area contributed by atoms with Crippen molar-refractivity contribution < 1.29 is 28.6 Å². The Morgan fingerprint density at radius 3 is 0.649 bits per heavy atom. The largest absolute Gasteiger partial charge is 0.462 e. The highest BCUT2D eigenvalue weighted by Gasteiger charge is 2.19. The van der Waals surface area contributed by atoms with Gasteiger partial charge in [0.15, 0.2) is 6.10 Å². The number of hydrogen-bond acceptors (Lipinski definition) is 6. The molecule has 6 nitrogen and oxygen atoms in total. The van der Waals surface area contributed by atoms with Gasteiger partial charge >= 0.3 is 17.9 Å². The predicted molar refractivity (Wildman–Crippen MR) is 335 cm³/mol. The number of rotatable bonds is 66. The van der Waals surface area contributed by atoms with E-state index < -0.39 is 6.10 Å². The second-order valence-electron chi connectivity index (χ2n) is 24.2. The van der Waals surface area contributed by atoms with Crippen LogP contribution in [0.1, 0.15) is 406 Å². The van der Waals surface area contributed by atoms with Gasteiger partial charge in [0.25, 0.3) is 0 Å². The van der Waals surface area contributed by atoms with Gasteiger partial charge in [0.1, 0.15) is 13.2 Å². The molecule has 0 spiro atoms. The summed E-state index contributed by atoms with van der Waals surface area (Å²) in [5.74, 6) is -0.827. The molecule has 0 amide bonds. The molecule has 0 aliphatic heterocycles. The van der Waals surface area contributed by atoms with Gasteiger partial charge in [0, 0.05) is 19.3 Å².